The summed E-state index contributed by atoms with van der Waals surface area (Å²) in [6, 6.07) is 0. The second kappa shape index (κ2) is 7.43. The molecule has 1 aliphatic rings. The molecule has 0 aliphatic carbocycles. The highest BCUT2D eigenvalue weighted by Crippen LogP contribution is 2.27. The van der Waals surface area contributed by atoms with Gasteiger partial charge in [-0.25, -0.2) is 0 Å². The Morgan fingerprint density at radius 2 is 1.95 bits per heavy atom. The Labute approximate surface area is 120 Å². The number of hydrogen-bond donors (Lipinski definition) is 1. The van der Waals surface area contributed by atoms with Crippen LogP contribution in [0, 0.1) is 0 Å². The third-order valence-electron chi connectivity index (χ3n) is 3.13. The van der Waals surface area contributed by atoms with Crippen molar-refractivity contribution in [2.75, 3.05) is 13.1 Å². The van der Waals surface area contributed by atoms with E-state index in [-0.39, 0.29) is 0 Å². The van der Waals surface area contributed by atoms with E-state index in [1.54, 1.807) is 0 Å². The summed E-state index contributed by atoms with van der Waals surface area (Å²) < 4.78 is 5.32. The van der Waals surface area contributed by atoms with Crippen molar-refractivity contribution < 1.29 is 4.52 Å². The smallest absolute Gasteiger partial charge is 0.229 e. The lowest BCUT2D eigenvalue weighted by Crippen LogP contribution is -2.41. The second-order valence-electron chi connectivity index (χ2n) is 4.75. The summed E-state index contributed by atoms with van der Waals surface area (Å²) in [5.74, 6) is 2.21. The largest absolute Gasteiger partial charge is 0.376 e. The van der Waals surface area contributed by atoms with Crippen LogP contribution in [0.3, 0.4) is 0 Å². The molecule has 1 saturated heterocycles. The predicted molar refractivity (Wildman–Crippen MR) is 80.1 cm³/mol. The molecule has 0 saturated carbocycles. The van der Waals surface area contributed by atoms with Gasteiger partial charge in [0.1, 0.15) is 0 Å². The molecule has 0 bridgehead atoms. The van der Waals surface area contributed by atoms with Crippen molar-refractivity contribution in [3.8, 4) is 0 Å². The van der Waals surface area contributed by atoms with Gasteiger partial charge in [0.05, 0.1) is 0 Å². The Balaban J connectivity index is 0.000000861. The predicted octanol–water partition coefficient (Wildman–Crippen LogP) is 2.64. The van der Waals surface area contributed by atoms with Gasteiger partial charge in [0, 0.05) is 24.9 Å². The summed E-state index contributed by atoms with van der Waals surface area (Å²) in [6.07, 6.45) is 1.94. The first-order chi connectivity index (χ1) is 9.08. The molecule has 0 aromatic carbocycles. The van der Waals surface area contributed by atoms with Crippen molar-refractivity contribution in [1.82, 2.24) is 15.0 Å². The summed E-state index contributed by atoms with van der Waals surface area (Å²) in [5.41, 5.74) is 5.60. The summed E-state index contributed by atoms with van der Waals surface area (Å²) in [5, 5.41) is 4.48. The maximum absolute atomic E-state index is 5.60. The fraction of sp³-hybridized carbons (Fsp3) is 0.769. The number of nitrogens with two attached hydrogens (primary N) is 1. The van der Waals surface area contributed by atoms with Gasteiger partial charge in [-0.2, -0.15) is 4.98 Å². The van der Waals surface area contributed by atoms with E-state index in [2.05, 4.69) is 24.0 Å². The van der Waals surface area contributed by atoms with Crippen LogP contribution in [0.4, 0.5) is 0 Å². The van der Waals surface area contributed by atoms with Crippen molar-refractivity contribution in [2.45, 2.75) is 52.4 Å². The number of likely N-dealkylation sites (tertiary alicyclic amines) is 1. The average molecular weight is 284 g/mol. The fourth-order valence-corrected chi connectivity index (χ4v) is 2.18. The molecule has 5 nitrogen and oxygen atoms in total. The van der Waals surface area contributed by atoms with E-state index < -0.39 is 0 Å². The van der Waals surface area contributed by atoms with Crippen molar-refractivity contribution in [3.05, 3.63) is 11.7 Å². The van der Waals surface area contributed by atoms with Crippen LogP contribution in [-0.2, 0) is 0 Å². The average Bonchev–Trinajstić information content (AvgIpc) is 2.91. The topological polar surface area (TPSA) is 68.2 Å². The highest BCUT2D eigenvalue weighted by molar-refractivity contribution is 7.80. The zero-order valence-electron chi connectivity index (χ0n) is 12.2. The Kier molecular flexibility index (Phi) is 6.21. The van der Waals surface area contributed by atoms with Crippen LogP contribution in [0.25, 0.3) is 0 Å². The van der Waals surface area contributed by atoms with Crippen LogP contribution in [0.15, 0.2) is 4.52 Å². The zero-order valence-corrected chi connectivity index (χ0v) is 13.0. The molecule has 0 amide bonds. The molecule has 0 atom stereocenters. The highest BCUT2D eigenvalue weighted by atomic mass is 32.1. The highest BCUT2D eigenvalue weighted by Gasteiger charge is 2.25. The van der Waals surface area contributed by atoms with Crippen LogP contribution in [0.1, 0.15) is 64.1 Å². The number of thiocarbonyl (C=S) groups is 1. The SMILES string of the molecule is CC.CC(C)c1noc(C2CCN(C(N)=S)CC2)n1. The summed E-state index contributed by atoms with van der Waals surface area (Å²) >= 11 is 4.96. The van der Waals surface area contributed by atoms with E-state index in [1.807, 2.05) is 18.7 Å². The third-order valence-corrected chi connectivity index (χ3v) is 3.39. The first kappa shape index (κ1) is 15.9. The third kappa shape index (κ3) is 4.16. The fourth-order valence-electron chi connectivity index (χ4n) is 1.99. The van der Waals surface area contributed by atoms with E-state index >= 15 is 0 Å². The van der Waals surface area contributed by atoms with E-state index in [0.717, 1.165) is 37.6 Å². The van der Waals surface area contributed by atoms with Crippen molar-refractivity contribution >= 4 is 17.3 Å². The Morgan fingerprint density at radius 1 is 1.37 bits per heavy atom. The monoisotopic (exact) mass is 284 g/mol. The van der Waals surface area contributed by atoms with Gasteiger partial charge < -0.3 is 15.2 Å². The lowest BCUT2D eigenvalue weighted by Gasteiger charge is -2.30. The van der Waals surface area contributed by atoms with Gasteiger partial charge in [0.2, 0.25) is 5.89 Å². The first-order valence-electron chi connectivity index (χ1n) is 6.95. The van der Waals surface area contributed by atoms with Gasteiger partial charge >= 0.3 is 0 Å². The molecule has 0 radical (unpaired) electrons. The Morgan fingerprint density at radius 3 is 2.37 bits per heavy atom. The maximum atomic E-state index is 5.60. The van der Waals surface area contributed by atoms with Crippen LogP contribution >= 0.6 is 12.2 Å². The number of aromatic nitrogens is 2. The molecule has 0 unspecified atom stereocenters. The van der Waals surface area contributed by atoms with Gasteiger partial charge in [-0.3, -0.25) is 0 Å². The molecule has 2 heterocycles. The number of piperidine rings is 1. The minimum atomic E-state index is 0.309. The number of nitrogens with zero attached hydrogens (tertiary/aromatic N) is 3. The van der Waals surface area contributed by atoms with Gasteiger partial charge in [-0.15, -0.1) is 0 Å². The molecule has 2 rings (SSSR count). The van der Waals surface area contributed by atoms with Crippen molar-refractivity contribution in [1.29, 1.82) is 0 Å². The van der Waals surface area contributed by atoms with E-state index in [0.29, 0.717) is 16.9 Å². The molecule has 108 valence electrons. The summed E-state index contributed by atoms with van der Waals surface area (Å²) in [6.45, 7) is 9.87. The van der Waals surface area contributed by atoms with E-state index in [1.165, 1.54) is 0 Å². The summed E-state index contributed by atoms with van der Waals surface area (Å²) in [4.78, 5) is 6.46. The molecule has 1 aromatic heterocycles. The molecule has 1 aliphatic heterocycles. The zero-order chi connectivity index (χ0) is 14.4. The number of rotatable bonds is 2. The van der Waals surface area contributed by atoms with Gasteiger partial charge in [-0.1, -0.05) is 32.9 Å². The molecule has 19 heavy (non-hydrogen) atoms. The molecule has 1 aromatic rings. The molecule has 2 N–H and O–H groups in total. The van der Waals surface area contributed by atoms with Crippen molar-refractivity contribution in [2.24, 2.45) is 5.73 Å². The second-order valence-corrected chi connectivity index (χ2v) is 5.16. The van der Waals surface area contributed by atoms with Crippen LogP contribution in [0.2, 0.25) is 0 Å². The quantitative estimate of drug-likeness (QED) is 0.842. The van der Waals surface area contributed by atoms with Gasteiger partial charge in [0.25, 0.3) is 0 Å². The summed E-state index contributed by atoms with van der Waals surface area (Å²) in [7, 11) is 0. The molecule has 6 heteroatoms. The van der Waals surface area contributed by atoms with E-state index in [9.17, 15) is 0 Å². The standard InChI is InChI=1S/C11H18N4OS.C2H6/c1-7(2)9-13-10(16-14-9)8-3-5-15(6-4-8)11(12)17;1-2/h7-8H,3-6H2,1-2H3,(H2,12,17);1-2H3. The van der Waals surface area contributed by atoms with Crippen LogP contribution in [-0.4, -0.2) is 33.2 Å². The minimum Gasteiger partial charge on any atom is -0.376 e. The maximum Gasteiger partial charge on any atom is 0.229 e. The van der Waals surface area contributed by atoms with Gasteiger partial charge in [0.15, 0.2) is 10.9 Å². The minimum absolute atomic E-state index is 0.309. The van der Waals surface area contributed by atoms with Crippen LogP contribution < -0.4 is 5.73 Å². The van der Waals surface area contributed by atoms with Crippen molar-refractivity contribution in [3.63, 3.8) is 0 Å². The first-order valence-corrected chi connectivity index (χ1v) is 7.36. The number of hydrogen-bond acceptors (Lipinski definition) is 4. The normalized spacial score (nSPS) is 16.2. The van der Waals surface area contributed by atoms with Gasteiger partial charge in [-0.05, 0) is 25.1 Å². The Bertz CT molecular complexity index is 397. The molecular formula is C13H24N4OS. The lowest BCUT2D eigenvalue weighted by atomic mass is 9.97. The molecule has 1 fully saturated rings. The Hall–Kier alpha value is -1.17. The van der Waals surface area contributed by atoms with Crippen LogP contribution in [0.5, 0.6) is 0 Å². The lowest BCUT2D eigenvalue weighted by molar-refractivity contribution is 0.265. The molecular weight excluding hydrogens is 260 g/mol. The molecule has 0 spiro atoms. The van der Waals surface area contributed by atoms with E-state index in [4.69, 9.17) is 22.5 Å².